The van der Waals surface area contributed by atoms with E-state index >= 15 is 0 Å². The first-order valence-corrected chi connectivity index (χ1v) is 8.37. The first-order chi connectivity index (χ1) is 10.5. The highest BCUT2D eigenvalue weighted by Crippen LogP contribution is 2.23. The summed E-state index contributed by atoms with van der Waals surface area (Å²) in [7, 11) is -2.49. The van der Waals surface area contributed by atoms with E-state index in [1.807, 2.05) is 37.3 Å². The lowest BCUT2D eigenvalue weighted by Gasteiger charge is -2.17. The standard InChI is InChI=1S/C16H18FNO3S/c1-3-15(12-7-5-4-6-8-12)18-22(19,20)13-9-10-16(21-2)14(17)11-13/h4-11,15,18H,3H2,1-2H3/t15-/m1/s1. The molecule has 2 aromatic carbocycles. The van der Waals surface area contributed by atoms with Crippen molar-refractivity contribution in [1.29, 1.82) is 0 Å². The fraction of sp³-hybridized carbons (Fsp3) is 0.250. The third-order valence-corrected chi connectivity index (χ3v) is 4.81. The number of ether oxygens (including phenoxy) is 1. The molecule has 0 spiro atoms. The maximum Gasteiger partial charge on any atom is 0.241 e. The Kier molecular flexibility index (Phi) is 5.15. The minimum Gasteiger partial charge on any atom is -0.494 e. The van der Waals surface area contributed by atoms with E-state index < -0.39 is 15.8 Å². The molecule has 2 rings (SSSR count). The fourth-order valence-electron chi connectivity index (χ4n) is 2.14. The lowest BCUT2D eigenvalue weighted by atomic mass is 10.1. The molecule has 0 aliphatic heterocycles. The third-order valence-electron chi connectivity index (χ3n) is 3.34. The predicted octanol–water partition coefficient (Wildman–Crippen LogP) is 3.26. The van der Waals surface area contributed by atoms with Crippen LogP contribution < -0.4 is 9.46 Å². The highest BCUT2D eigenvalue weighted by atomic mass is 32.2. The molecule has 118 valence electrons. The summed E-state index contributed by atoms with van der Waals surface area (Å²) in [5, 5.41) is 0. The molecule has 0 heterocycles. The Balaban J connectivity index is 2.28. The van der Waals surface area contributed by atoms with Crippen molar-refractivity contribution in [1.82, 2.24) is 4.72 Å². The van der Waals surface area contributed by atoms with Crippen LogP contribution in [-0.2, 0) is 10.0 Å². The van der Waals surface area contributed by atoms with E-state index in [0.29, 0.717) is 6.42 Å². The molecular formula is C16H18FNO3S. The SMILES string of the molecule is CC[C@@H](NS(=O)(=O)c1ccc(OC)c(F)c1)c1ccccc1. The van der Waals surface area contributed by atoms with Crippen LogP contribution in [0.15, 0.2) is 53.4 Å². The molecule has 0 aliphatic carbocycles. The molecule has 0 unspecified atom stereocenters. The summed E-state index contributed by atoms with van der Waals surface area (Å²) in [4.78, 5) is -0.125. The molecule has 22 heavy (non-hydrogen) atoms. The zero-order chi connectivity index (χ0) is 16.2. The number of hydrogen-bond donors (Lipinski definition) is 1. The van der Waals surface area contributed by atoms with Gasteiger partial charge in [-0.05, 0) is 30.2 Å². The topological polar surface area (TPSA) is 55.4 Å². The molecule has 0 saturated carbocycles. The molecular weight excluding hydrogens is 305 g/mol. The smallest absolute Gasteiger partial charge is 0.241 e. The zero-order valence-electron chi connectivity index (χ0n) is 12.4. The van der Waals surface area contributed by atoms with Crippen LogP contribution in [0.5, 0.6) is 5.75 Å². The predicted molar refractivity (Wildman–Crippen MR) is 82.7 cm³/mol. The van der Waals surface area contributed by atoms with E-state index in [9.17, 15) is 12.8 Å². The van der Waals surface area contributed by atoms with Gasteiger partial charge in [0.05, 0.1) is 12.0 Å². The summed E-state index contributed by atoms with van der Waals surface area (Å²) in [6.07, 6.45) is 0.585. The van der Waals surface area contributed by atoms with Gasteiger partial charge in [0.15, 0.2) is 11.6 Å². The Bertz CT molecular complexity index is 732. The molecule has 1 atom stereocenters. The van der Waals surface area contributed by atoms with Gasteiger partial charge in [-0.1, -0.05) is 37.3 Å². The highest BCUT2D eigenvalue weighted by molar-refractivity contribution is 7.89. The van der Waals surface area contributed by atoms with E-state index in [1.54, 1.807) is 0 Å². The number of sulfonamides is 1. The van der Waals surface area contributed by atoms with Crippen molar-refractivity contribution in [3.05, 3.63) is 59.9 Å². The second-order valence-electron chi connectivity index (χ2n) is 4.79. The van der Waals surface area contributed by atoms with Crippen molar-refractivity contribution in [2.75, 3.05) is 7.11 Å². The lowest BCUT2D eigenvalue weighted by Crippen LogP contribution is -2.28. The first kappa shape index (κ1) is 16.5. The van der Waals surface area contributed by atoms with Gasteiger partial charge in [0.25, 0.3) is 0 Å². The quantitative estimate of drug-likeness (QED) is 0.888. The fourth-order valence-corrected chi connectivity index (χ4v) is 3.46. The average molecular weight is 323 g/mol. The summed E-state index contributed by atoms with van der Waals surface area (Å²) in [5.41, 5.74) is 0.863. The number of rotatable bonds is 6. The number of hydrogen-bond acceptors (Lipinski definition) is 3. The van der Waals surface area contributed by atoms with Crippen LogP contribution in [0, 0.1) is 5.82 Å². The van der Waals surface area contributed by atoms with Gasteiger partial charge in [0, 0.05) is 6.04 Å². The summed E-state index contributed by atoms with van der Waals surface area (Å²) in [6, 6.07) is 12.5. The van der Waals surface area contributed by atoms with Crippen LogP contribution in [0.3, 0.4) is 0 Å². The molecule has 0 radical (unpaired) electrons. The van der Waals surface area contributed by atoms with E-state index in [4.69, 9.17) is 4.74 Å². The number of methoxy groups -OCH3 is 1. The Labute approximate surface area is 130 Å². The van der Waals surface area contributed by atoms with E-state index in [-0.39, 0.29) is 16.7 Å². The first-order valence-electron chi connectivity index (χ1n) is 6.88. The Hall–Kier alpha value is -1.92. The van der Waals surface area contributed by atoms with Crippen molar-refractivity contribution >= 4 is 10.0 Å². The third kappa shape index (κ3) is 3.64. The average Bonchev–Trinajstić information content (AvgIpc) is 2.53. The van der Waals surface area contributed by atoms with Gasteiger partial charge in [0.1, 0.15) is 0 Å². The van der Waals surface area contributed by atoms with Crippen LogP contribution >= 0.6 is 0 Å². The van der Waals surface area contributed by atoms with Crippen molar-refractivity contribution in [3.8, 4) is 5.75 Å². The Morgan fingerprint density at radius 3 is 2.41 bits per heavy atom. The van der Waals surface area contributed by atoms with Crippen molar-refractivity contribution in [2.45, 2.75) is 24.3 Å². The maximum atomic E-state index is 13.7. The van der Waals surface area contributed by atoms with Crippen LogP contribution in [0.1, 0.15) is 24.9 Å². The Morgan fingerprint density at radius 2 is 1.86 bits per heavy atom. The molecule has 0 saturated heterocycles. The minimum atomic E-state index is -3.81. The minimum absolute atomic E-state index is 0.00838. The van der Waals surface area contributed by atoms with Gasteiger partial charge >= 0.3 is 0 Å². The van der Waals surface area contributed by atoms with Crippen LogP contribution in [0.4, 0.5) is 4.39 Å². The normalized spacial score (nSPS) is 12.9. The summed E-state index contributed by atoms with van der Waals surface area (Å²) in [6.45, 7) is 1.88. The molecule has 0 fully saturated rings. The maximum absolute atomic E-state index is 13.7. The number of nitrogens with one attached hydrogen (secondary N) is 1. The summed E-state index contributed by atoms with van der Waals surface area (Å²) in [5.74, 6) is -0.702. The van der Waals surface area contributed by atoms with Gasteiger partial charge in [-0.3, -0.25) is 0 Å². The molecule has 0 aliphatic rings. The second kappa shape index (κ2) is 6.89. The Morgan fingerprint density at radius 1 is 1.18 bits per heavy atom. The molecule has 0 aromatic heterocycles. The van der Waals surface area contributed by atoms with Crippen LogP contribution in [0.25, 0.3) is 0 Å². The van der Waals surface area contributed by atoms with E-state index in [2.05, 4.69) is 4.72 Å². The monoisotopic (exact) mass is 323 g/mol. The van der Waals surface area contributed by atoms with E-state index in [1.165, 1.54) is 19.2 Å². The molecule has 2 aromatic rings. The van der Waals surface area contributed by atoms with Crippen LogP contribution in [-0.4, -0.2) is 15.5 Å². The van der Waals surface area contributed by atoms with Crippen molar-refractivity contribution in [3.63, 3.8) is 0 Å². The highest BCUT2D eigenvalue weighted by Gasteiger charge is 2.21. The molecule has 6 heteroatoms. The van der Waals surface area contributed by atoms with Gasteiger partial charge in [0.2, 0.25) is 10.0 Å². The molecule has 0 amide bonds. The van der Waals surface area contributed by atoms with Gasteiger partial charge in [-0.2, -0.15) is 0 Å². The summed E-state index contributed by atoms with van der Waals surface area (Å²) >= 11 is 0. The summed E-state index contributed by atoms with van der Waals surface area (Å²) < 4.78 is 45.9. The van der Waals surface area contributed by atoms with Gasteiger partial charge in [-0.15, -0.1) is 0 Å². The van der Waals surface area contributed by atoms with Gasteiger partial charge < -0.3 is 4.74 Å². The molecule has 0 bridgehead atoms. The number of benzene rings is 2. The molecule has 4 nitrogen and oxygen atoms in total. The van der Waals surface area contributed by atoms with Crippen molar-refractivity contribution in [2.24, 2.45) is 0 Å². The number of halogens is 1. The van der Waals surface area contributed by atoms with Crippen molar-refractivity contribution < 1.29 is 17.5 Å². The van der Waals surface area contributed by atoms with Crippen LogP contribution in [0.2, 0.25) is 0 Å². The largest absolute Gasteiger partial charge is 0.494 e. The lowest BCUT2D eigenvalue weighted by molar-refractivity contribution is 0.385. The van der Waals surface area contributed by atoms with Gasteiger partial charge in [-0.25, -0.2) is 17.5 Å². The second-order valence-corrected chi connectivity index (χ2v) is 6.50. The van der Waals surface area contributed by atoms with E-state index in [0.717, 1.165) is 11.6 Å². The zero-order valence-corrected chi connectivity index (χ0v) is 13.2. The molecule has 1 N–H and O–H groups in total.